The van der Waals surface area contributed by atoms with Gasteiger partial charge in [0.1, 0.15) is 5.37 Å². The molecule has 3 heterocycles. The first-order valence-corrected chi connectivity index (χ1v) is 8.98. The van der Waals surface area contributed by atoms with E-state index in [2.05, 4.69) is 36.6 Å². The van der Waals surface area contributed by atoms with Crippen LogP contribution in [-0.2, 0) is 11.2 Å². The predicted molar refractivity (Wildman–Crippen MR) is 84.0 cm³/mol. The molecule has 0 saturated carbocycles. The van der Waals surface area contributed by atoms with Gasteiger partial charge < -0.3 is 4.90 Å². The van der Waals surface area contributed by atoms with Crippen LogP contribution >= 0.6 is 34.4 Å². The van der Waals surface area contributed by atoms with Crippen molar-refractivity contribution in [2.24, 2.45) is 0 Å². The highest BCUT2D eigenvalue weighted by Crippen LogP contribution is 2.41. The Morgan fingerprint density at radius 2 is 2.26 bits per heavy atom. The van der Waals surface area contributed by atoms with Crippen LogP contribution in [0.5, 0.6) is 0 Å². The molecular weight excluding hydrogens is 294 g/mol. The number of rotatable bonds is 4. The third-order valence-corrected chi connectivity index (χ3v) is 6.53. The van der Waals surface area contributed by atoms with Gasteiger partial charge in [0.2, 0.25) is 5.91 Å². The summed E-state index contributed by atoms with van der Waals surface area (Å²) in [6.45, 7) is 2.94. The number of carbonyl (C=O) groups excluding carboxylic acids is 1. The molecule has 0 N–H and O–H groups in total. The monoisotopic (exact) mass is 309 g/mol. The number of carbonyl (C=O) groups is 1. The van der Waals surface area contributed by atoms with Gasteiger partial charge in [0, 0.05) is 21.2 Å². The van der Waals surface area contributed by atoms with Crippen molar-refractivity contribution < 1.29 is 4.79 Å². The second-order valence-corrected chi connectivity index (χ2v) is 7.95. The molecule has 2 aromatic heterocycles. The van der Waals surface area contributed by atoms with Crippen LogP contribution < -0.4 is 0 Å². The van der Waals surface area contributed by atoms with Crippen molar-refractivity contribution in [1.29, 1.82) is 0 Å². The average Bonchev–Trinajstić information content (AvgIpc) is 3.08. The van der Waals surface area contributed by atoms with E-state index in [0.29, 0.717) is 5.75 Å². The number of nitrogens with zero attached hydrogens (tertiary/aromatic N) is 1. The molecule has 1 fully saturated rings. The molecule has 1 aliphatic heterocycles. The summed E-state index contributed by atoms with van der Waals surface area (Å²) in [4.78, 5) is 18.0. The van der Waals surface area contributed by atoms with E-state index in [9.17, 15) is 4.79 Å². The van der Waals surface area contributed by atoms with E-state index in [1.165, 1.54) is 14.6 Å². The fourth-order valence-corrected chi connectivity index (χ4v) is 5.23. The SMILES string of the molecule is Cc1ccc(C2SCC(=O)N2CCc2cccs2)s1. The number of hydrogen-bond acceptors (Lipinski definition) is 4. The van der Waals surface area contributed by atoms with Crippen molar-refractivity contribution in [3.63, 3.8) is 0 Å². The number of thioether (sulfide) groups is 1. The third kappa shape index (κ3) is 2.88. The molecule has 1 unspecified atom stereocenters. The Morgan fingerprint density at radius 1 is 1.37 bits per heavy atom. The summed E-state index contributed by atoms with van der Waals surface area (Å²) in [6.07, 6.45) is 0.963. The van der Waals surface area contributed by atoms with Crippen molar-refractivity contribution in [3.05, 3.63) is 44.3 Å². The number of thiophene rings is 2. The van der Waals surface area contributed by atoms with Crippen LogP contribution in [0, 0.1) is 6.92 Å². The van der Waals surface area contributed by atoms with E-state index in [1.807, 2.05) is 4.90 Å². The van der Waals surface area contributed by atoms with Gasteiger partial charge in [0.25, 0.3) is 0 Å². The second-order valence-electron chi connectivity index (χ2n) is 4.53. The zero-order valence-corrected chi connectivity index (χ0v) is 13.1. The molecule has 1 atom stereocenters. The van der Waals surface area contributed by atoms with E-state index < -0.39 is 0 Å². The van der Waals surface area contributed by atoms with Gasteiger partial charge in [-0.25, -0.2) is 0 Å². The molecule has 1 aliphatic rings. The highest BCUT2D eigenvalue weighted by molar-refractivity contribution is 8.00. The number of amides is 1. The van der Waals surface area contributed by atoms with Gasteiger partial charge in [-0.05, 0) is 36.9 Å². The lowest BCUT2D eigenvalue weighted by Crippen LogP contribution is -2.29. The van der Waals surface area contributed by atoms with Gasteiger partial charge in [0.15, 0.2) is 0 Å². The molecule has 0 spiro atoms. The van der Waals surface area contributed by atoms with E-state index in [0.717, 1.165) is 13.0 Å². The van der Waals surface area contributed by atoms with Crippen molar-refractivity contribution in [1.82, 2.24) is 4.90 Å². The molecule has 0 aromatic carbocycles. The Morgan fingerprint density at radius 3 is 2.95 bits per heavy atom. The first-order chi connectivity index (χ1) is 9.24. The highest BCUT2D eigenvalue weighted by atomic mass is 32.2. The zero-order valence-electron chi connectivity index (χ0n) is 10.7. The Kier molecular flexibility index (Phi) is 3.96. The smallest absolute Gasteiger partial charge is 0.233 e. The van der Waals surface area contributed by atoms with Crippen LogP contribution in [0.4, 0.5) is 0 Å². The molecule has 0 bridgehead atoms. The van der Waals surface area contributed by atoms with E-state index >= 15 is 0 Å². The van der Waals surface area contributed by atoms with Crippen LogP contribution in [0.15, 0.2) is 29.6 Å². The fourth-order valence-electron chi connectivity index (χ4n) is 2.20. The fraction of sp³-hybridized carbons (Fsp3) is 0.357. The van der Waals surface area contributed by atoms with Gasteiger partial charge in [0.05, 0.1) is 5.75 Å². The van der Waals surface area contributed by atoms with Crippen molar-refractivity contribution in [2.45, 2.75) is 18.7 Å². The highest BCUT2D eigenvalue weighted by Gasteiger charge is 2.33. The summed E-state index contributed by atoms with van der Waals surface area (Å²) in [6, 6.07) is 8.51. The molecule has 3 rings (SSSR count). The van der Waals surface area contributed by atoms with E-state index in [1.54, 1.807) is 34.4 Å². The van der Waals surface area contributed by atoms with Crippen molar-refractivity contribution in [2.75, 3.05) is 12.3 Å². The Balaban J connectivity index is 1.71. The number of aryl methyl sites for hydroxylation is 1. The third-order valence-electron chi connectivity index (χ3n) is 3.15. The largest absolute Gasteiger partial charge is 0.325 e. The molecule has 1 saturated heterocycles. The lowest BCUT2D eigenvalue weighted by Gasteiger charge is -2.22. The summed E-state index contributed by atoms with van der Waals surface area (Å²) in [5, 5.41) is 2.32. The van der Waals surface area contributed by atoms with Gasteiger partial charge in [-0.1, -0.05) is 6.07 Å². The summed E-state index contributed by atoms with van der Waals surface area (Å²) >= 11 is 5.32. The van der Waals surface area contributed by atoms with Crippen LogP contribution in [0.25, 0.3) is 0 Å². The quantitative estimate of drug-likeness (QED) is 0.853. The van der Waals surface area contributed by atoms with Gasteiger partial charge in [-0.2, -0.15) is 0 Å². The maximum Gasteiger partial charge on any atom is 0.233 e. The minimum absolute atomic E-state index is 0.228. The van der Waals surface area contributed by atoms with Crippen LogP contribution in [0.2, 0.25) is 0 Å². The van der Waals surface area contributed by atoms with Crippen molar-refractivity contribution >= 4 is 40.3 Å². The first kappa shape index (κ1) is 13.2. The molecule has 0 aliphatic carbocycles. The molecular formula is C14H15NOS3. The predicted octanol–water partition coefficient (Wildman–Crippen LogP) is 3.93. The van der Waals surface area contributed by atoms with Gasteiger partial charge in [-0.3, -0.25) is 4.79 Å². The van der Waals surface area contributed by atoms with Crippen LogP contribution in [0.1, 0.15) is 20.0 Å². The first-order valence-electron chi connectivity index (χ1n) is 6.24. The van der Waals surface area contributed by atoms with Gasteiger partial charge in [-0.15, -0.1) is 34.4 Å². The lowest BCUT2D eigenvalue weighted by atomic mass is 10.3. The summed E-state index contributed by atoms with van der Waals surface area (Å²) in [5.41, 5.74) is 0. The molecule has 2 aromatic rings. The Hall–Kier alpha value is -0.780. The zero-order chi connectivity index (χ0) is 13.2. The normalized spacial score (nSPS) is 19.3. The maximum atomic E-state index is 12.0. The summed E-state index contributed by atoms with van der Waals surface area (Å²) in [7, 11) is 0. The molecule has 2 nitrogen and oxygen atoms in total. The molecule has 1 amide bonds. The van der Waals surface area contributed by atoms with Crippen LogP contribution in [-0.4, -0.2) is 23.1 Å². The topological polar surface area (TPSA) is 20.3 Å². The minimum atomic E-state index is 0.228. The molecule has 0 radical (unpaired) electrons. The van der Waals surface area contributed by atoms with Gasteiger partial charge >= 0.3 is 0 Å². The van der Waals surface area contributed by atoms with E-state index in [4.69, 9.17) is 0 Å². The summed E-state index contributed by atoms with van der Waals surface area (Å²) < 4.78 is 0. The average molecular weight is 309 g/mol. The van der Waals surface area contributed by atoms with E-state index in [-0.39, 0.29) is 11.3 Å². The Labute approximate surface area is 125 Å². The minimum Gasteiger partial charge on any atom is -0.325 e. The molecule has 100 valence electrons. The van der Waals surface area contributed by atoms with Crippen LogP contribution in [0.3, 0.4) is 0 Å². The maximum absolute atomic E-state index is 12.0. The molecule has 19 heavy (non-hydrogen) atoms. The standard InChI is InChI=1S/C14H15NOS3/c1-10-4-5-12(19-10)14-15(13(16)9-18-14)7-6-11-3-2-8-17-11/h2-5,8,14H,6-7,9H2,1H3. The number of hydrogen-bond donors (Lipinski definition) is 0. The second kappa shape index (κ2) is 5.69. The summed E-state index contributed by atoms with van der Waals surface area (Å²) in [5.74, 6) is 0.893. The Bertz CT molecular complexity index is 561. The lowest BCUT2D eigenvalue weighted by molar-refractivity contribution is -0.127. The molecule has 5 heteroatoms. The van der Waals surface area contributed by atoms with Crippen molar-refractivity contribution in [3.8, 4) is 0 Å².